The number of rotatable bonds is 15. The molecular formula is C24H39N5O4S. The summed E-state index contributed by atoms with van der Waals surface area (Å²) in [5.41, 5.74) is 9.37. The highest BCUT2D eigenvalue weighted by Crippen LogP contribution is 2.30. The second-order valence-electron chi connectivity index (χ2n) is 9.12. The number of nitrogens with zero attached hydrogens (tertiary/aromatic N) is 5. The third-order valence-electron chi connectivity index (χ3n) is 6.16. The zero-order valence-electron chi connectivity index (χ0n) is 21.5. The van der Waals surface area contributed by atoms with E-state index < -0.39 is 12.0 Å². The van der Waals surface area contributed by atoms with Gasteiger partial charge in [-0.3, -0.25) is 9.59 Å². The molecule has 4 atom stereocenters. The van der Waals surface area contributed by atoms with E-state index in [2.05, 4.69) is 15.0 Å². The molecule has 0 spiro atoms. The van der Waals surface area contributed by atoms with Crippen LogP contribution in [0.15, 0.2) is 10.5 Å². The van der Waals surface area contributed by atoms with Gasteiger partial charge in [0.05, 0.1) is 12.1 Å². The molecule has 0 aromatic carbocycles. The van der Waals surface area contributed by atoms with Gasteiger partial charge in [0.1, 0.15) is 11.8 Å². The molecule has 1 aromatic heterocycles. The summed E-state index contributed by atoms with van der Waals surface area (Å²) in [5, 5.41) is 6.29. The lowest BCUT2D eigenvalue weighted by Crippen LogP contribution is -2.50. The van der Waals surface area contributed by atoms with Gasteiger partial charge in [0.25, 0.3) is 0 Å². The second kappa shape index (κ2) is 14.7. The summed E-state index contributed by atoms with van der Waals surface area (Å²) in [6.45, 7) is 12.2. The smallest absolute Gasteiger partial charge is 0.357 e. The number of methoxy groups -OCH3 is 1. The monoisotopic (exact) mass is 493 g/mol. The maximum atomic E-state index is 13.7. The summed E-state index contributed by atoms with van der Waals surface area (Å²) in [6, 6.07) is -1.01. The molecule has 1 unspecified atom stereocenters. The first kappa shape index (κ1) is 29.6. The van der Waals surface area contributed by atoms with Gasteiger partial charge >= 0.3 is 5.97 Å². The summed E-state index contributed by atoms with van der Waals surface area (Å²) in [7, 11) is 1.32. The number of esters is 1. The number of carbonyl (C=O) groups is 3. The molecule has 1 aromatic rings. The molecule has 0 fully saturated rings. The first-order valence-electron chi connectivity index (χ1n) is 12.0. The van der Waals surface area contributed by atoms with Gasteiger partial charge in [0, 0.05) is 41.6 Å². The fraction of sp³-hybridized carbons (Fsp3) is 0.750. The Morgan fingerprint density at radius 2 is 1.88 bits per heavy atom. The van der Waals surface area contributed by atoms with E-state index in [-0.39, 0.29) is 54.1 Å². The Kier molecular flexibility index (Phi) is 12.8. The third kappa shape index (κ3) is 8.40. The first-order chi connectivity index (χ1) is 16.1. The number of ether oxygens (including phenoxy) is 1. The predicted molar refractivity (Wildman–Crippen MR) is 134 cm³/mol. The van der Waals surface area contributed by atoms with E-state index in [0.29, 0.717) is 19.3 Å². The summed E-state index contributed by atoms with van der Waals surface area (Å²) in [6.07, 6.45) is 2.80. The highest BCUT2D eigenvalue weighted by atomic mass is 32.1. The standard InChI is InChI=1S/C24H39N5O4S/c1-8-10-18(30)11-12-29(23(31)21(27-28-25)16(5)9-2)20(15(3)4)13-17(6)22-26-19(14-34-22)24(32)33-7/h14-17,20-21H,8-13H2,1-7H3/t16-,17+,20+,21?/m0/s1. The van der Waals surface area contributed by atoms with Gasteiger partial charge in [0.2, 0.25) is 5.91 Å². The van der Waals surface area contributed by atoms with Crippen LogP contribution in [0.5, 0.6) is 0 Å². The van der Waals surface area contributed by atoms with Crippen LogP contribution in [0, 0.1) is 11.8 Å². The van der Waals surface area contributed by atoms with Crippen molar-refractivity contribution in [3.8, 4) is 0 Å². The molecule has 1 heterocycles. The lowest BCUT2D eigenvalue weighted by atomic mass is 9.90. The van der Waals surface area contributed by atoms with Crippen LogP contribution in [0.1, 0.15) is 95.1 Å². The zero-order chi connectivity index (χ0) is 25.8. The van der Waals surface area contributed by atoms with Crippen LogP contribution in [0.2, 0.25) is 0 Å². The minimum Gasteiger partial charge on any atom is -0.464 e. The van der Waals surface area contributed by atoms with E-state index in [9.17, 15) is 14.4 Å². The molecule has 34 heavy (non-hydrogen) atoms. The van der Waals surface area contributed by atoms with Gasteiger partial charge in [0.15, 0.2) is 5.69 Å². The van der Waals surface area contributed by atoms with Crippen molar-refractivity contribution in [1.82, 2.24) is 9.88 Å². The van der Waals surface area contributed by atoms with Gasteiger partial charge in [-0.25, -0.2) is 9.78 Å². The Labute approximate surface area is 206 Å². The molecule has 0 saturated carbocycles. The van der Waals surface area contributed by atoms with Crippen molar-refractivity contribution in [3.05, 3.63) is 26.5 Å². The molecule has 1 rings (SSSR count). The lowest BCUT2D eigenvalue weighted by Gasteiger charge is -2.38. The van der Waals surface area contributed by atoms with Crippen molar-refractivity contribution in [3.63, 3.8) is 0 Å². The molecule has 0 radical (unpaired) electrons. The molecule has 0 bridgehead atoms. The normalized spacial score (nSPS) is 14.6. The quantitative estimate of drug-likeness (QED) is 0.133. The van der Waals surface area contributed by atoms with Crippen LogP contribution in [-0.2, 0) is 14.3 Å². The number of amides is 1. The van der Waals surface area contributed by atoms with Gasteiger partial charge in [-0.15, -0.1) is 11.3 Å². The van der Waals surface area contributed by atoms with Crippen LogP contribution >= 0.6 is 11.3 Å². The third-order valence-corrected chi connectivity index (χ3v) is 7.23. The Hall–Kier alpha value is -2.45. The van der Waals surface area contributed by atoms with E-state index in [0.717, 1.165) is 11.4 Å². The van der Waals surface area contributed by atoms with E-state index >= 15 is 0 Å². The van der Waals surface area contributed by atoms with Crippen LogP contribution in [0.25, 0.3) is 10.4 Å². The van der Waals surface area contributed by atoms with Crippen molar-refractivity contribution in [1.29, 1.82) is 0 Å². The highest BCUT2D eigenvalue weighted by Gasteiger charge is 2.34. The lowest BCUT2D eigenvalue weighted by molar-refractivity contribution is -0.138. The number of carbonyl (C=O) groups excluding carboxylic acids is 3. The molecule has 0 aliphatic heterocycles. The molecule has 10 heteroatoms. The topological polar surface area (TPSA) is 125 Å². The average molecular weight is 494 g/mol. The number of hydrogen-bond acceptors (Lipinski definition) is 7. The Bertz CT molecular complexity index is 865. The van der Waals surface area contributed by atoms with Crippen LogP contribution in [-0.4, -0.2) is 53.3 Å². The number of hydrogen-bond donors (Lipinski definition) is 0. The van der Waals surface area contributed by atoms with E-state index in [1.54, 1.807) is 10.3 Å². The van der Waals surface area contributed by atoms with Crippen molar-refractivity contribution in [2.75, 3.05) is 13.7 Å². The predicted octanol–water partition coefficient (Wildman–Crippen LogP) is 5.76. The van der Waals surface area contributed by atoms with Gasteiger partial charge in [-0.05, 0) is 30.2 Å². The fourth-order valence-electron chi connectivity index (χ4n) is 3.88. The number of thiazole rings is 1. The van der Waals surface area contributed by atoms with Crippen LogP contribution < -0.4 is 0 Å². The zero-order valence-corrected chi connectivity index (χ0v) is 22.3. The van der Waals surface area contributed by atoms with Crippen molar-refractivity contribution < 1.29 is 19.1 Å². The van der Waals surface area contributed by atoms with Gasteiger partial charge < -0.3 is 9.64 Å². The SMILES string of the molecule is CCCC(=O)CCN(C(=O)C(N=[N+]=[N-])[C@@H](C)CC)[C@H](C[C@@H](C)c1nc(C(=O)OC)cs1)C(C)C. The number of Topliss-reactive ketones (excluding diaryl/α,β-unsaturated/α-hetero) is 1. The number of ketones is 1. The average Bonchev–Trinajstić information content (AvgIpc) is 3.31. The summed E-state index contributed by atoms with van der Waals surface area (Å²) in [5.74, 6) is -0.661. The van der Waals surface area contributed by atoms with Crippen LogP contribution in [0.4, 0.5) is 0 Å². The molecular weight excluding hydrogens is 454 g/mol. The molecule has 0 aliphatic rings. The minimum absolute atomic E-state index is 0.0287. The first-order valence-corrected chi connectivity index (χ1v) is 12.9. The number of azide groups is 1. The molecule has 0 aliphatic carbocycles. The molecule has 0 N–H and O–H groups in total. The fourth-order valence-corrected chi connectivity index (χ4v) is 4.74. The van der Waals surface area contributed by atoms with Gasteiger partial charge in [-0.2, -0.15) is 0 Å². The second-order valence-corrected chi connectivity index (χ2v) is 10.0. The molecule has 9 nitrogen and oxygen atoms in total. The summed E-state index contributed by atoms with van der Waals surface area (Å²) in [4.78, 5) is 46.9. The highest BCUT2D eigenvalue weighted by molar-refractivity contribution is 7.09. The van der Waals surface area contributed by atoms with Crippen molar-refractivity contribution in [2.45, 2.75) is 91.6 Å². The Morgan fingerprint density at radius 1 is 1.21 bits per heavy atom. The van der Waals surface area contributed by atoms with Gasteiger partial charge in [-0.1, -0.05) is 53.1 Å². The van der Waals surface area contributed by atoms with E-state index in [1.165, 1.54) is 18.4 Å². The summed E-state index contributed by atoms with van der Waals surface area (Å²) >= 11 is 1.39. The summed E-state index contributed by atoms with van der Waals surface area (Å²) < 4.78 is 4.76. The molecule has 1 amide bonds. The van der Waals surface area contributed by atoms with Crippen molar-refractivity contribution in [2.24, 2.45) is 17.0 Å². The largest absolute Gasteiger partial charge is 0.464 e. The maximum absolute atomic E-state index is 13.7. The van der Waals surface area contributed by atoms with Crippen molar-refractivity contribution >= 4 is 29.0 Å². The Balaban J connectivity index is 3.26. The number of aromatic nitrogens is 1. The van der Waals surface area contributed by atoms with Crippen LogP contribution in [0.3, 0.4) is 0 Å². The minimum atomic E-state index is -0.821. The maximum Gasteiger partial charge on any atom is 0.357 e. The van der Waals surface area contributed by atoms with E-state index in [4.69, 9.17) is 10.3 Å². The Morgan fingerprint density at radius 3 is 2.41 bits per heavy atom. The molecule has 0 saturated heterocycles. The van der Waals surface area contributed by atoms with E-state index in [1.807, 2.05) is 41.5 Å². The molecule has 190 valence electrons.